The molecule has 6 nitrogen and oxygen atoms in total. The lowest BCUT2D eigenvalue weighted by molar-refractivity contribution is 0.102. The Labute approximate surface area is 159 Å². The number of fused-ring (bicyclic) bond motifs is 1. The van der Waals surface area contributed by atoms with Crippen molar-refractivity contribution in [3.05, 3.63) is 83.9 Å². The summed E-state index contributed by atoms with van der Waals surface area (Å²) in [6.45, 7) is 0. The zero-order chi connectivity index (χ0) is 19.5. The molecule has 7 heteroatoms. The summed E-state index contributed by atoms with van der Waals surface area (Å²) < 4.78 is 20.2. The third-order valence-corrected chi connectivity index (χ3v) is 4.08. The standard InChI is InChI=1S/C21H13FN4O2/c22-17-11-15(26-21(27)14-3-1-2-13(10-14)12-23)4-5-19(17)28-18-7-9-25-20-16(18)6-8-24-20/h1-11H,(H,24,25)(H,26,27). The fourth-order valence-electron chi connectivity index (χ4n) is 2.74. The van der Waals surface area contributed by atoms with E-state index in [1.807, 2.05) is 6.07 Å². The molecule has 0 saturated heterocycles. The van der Waals surface area contributed by atoms with Gasteiger partial charge in [0.25, 0.3) is 5.91 Å². The average molecular weight is 372 g/mol. The number of carbonyl (C=O) groups excluding carboxylic acids is 1. The number of nitrogens with zero attached hydrogens (tertiary/aromatic N) is 2. The zero-order valence-electron chi connectivity index (χ0n) is 14.4. The molecular weight excluding hydrogens is 359 g/mol. The Morgan fingerprint density at radius 1 is 1.14 bits per heavy atom. The SMILES string of the molecule is N#Cc1cccc(C(=O)Nc2ccc(Oc3ccnc4[nH]ccc34)c(F)c2)c1. The number of pyridine rings is 1. The van der Waals surface area contributed by atoms with E-state index in [4.69, 9.17) is 10.00 Å². The van der Waals surface area contributed by atoms with Crippen LogP contribution in [0.5, 0.6) is 11.5 Å². The monoisotopic (exact) mass is 372 g/mol. The van der Waals surface area contributed by atoms with E-state index in [-0.39, 0.29) is 11.4 Å². The molecule has 0 spiro atoms. The molecule has 0 fully saturated rings. The highest BCUT2D eigenvalue weighted by Crippen LogP contribution is 2.31. The van der Waals surface area contributed by atoms with E-state index >= 15 is 0 Å². The molecule has 0 radical (unpaired) electrons. The van der Waals surface area contributed by atoms with Crippen molar-refractivity contribution in [2.24, 2.45) is 0 Å². The van der Waals surface area contributed by atoms with Crippen LogP contribution in [-0.2, 0) is 0 Å². The first-order chi connectivity index (χ1) is 13.6. The Morgan fingerprint density at radius 2 is 2.04 bits per heavy atom. The molecule has 2 heterocycles. The van der Waals surface area contributed by atoms with Gasteiger partial charge in [-0.3, -0.25) is 4.79 Å². The van der Waals surface area contributed by atoms with Crippen molar-refractivity contribution in [3.8, 4) is 17.6 Å². The molecule has 4 aromatic rings. The molecule has 2 N–H and O–H groups in total. The van der Waals surface area contributed by atoms with Crippen LogP contribution in [0.2, 0.25) is 0 Å². The van der Waals surface area contributed by atoms with Gasteiger partial charge in [-0.1, -0.05) is 6.07 Å². The number of H-pyrrole nitrogens is 1. The van der Waals surface area contributed by atoms with E-state index in [2.05, 4.69) is 15.3 Å². The van der Waals surface area contributed by atoms with Gasteiger partial charge in [-0.2, -0.15) is 5.26 Å². The van der Waals surface area contributed by atoms with Crippen molar-refractivity contribution in [1.29, 1.82) is 5.26 Å². The molecule has 0 unspecified atom stereocenters. The quantitative estimate of drug-likeness (QED) is 0.547. The predicted molar refractivity (Wildman–Crippen MR) is 102 cm³/mol. The summed E-state index contributed by atoms with van der Waals surface area (Å²) in [4.78, 5) is 19.4. The molecule has 0 aliphatic heterocycles. The Kier molecular flexibility index (Phi) is 4.44. The van der Waals surface area contributed by atoms with Gasteiger partial charge < -0.3 is 15.0 Å². The van der Waals surface area contributed by atoms with Crippen LogP contribution < -0.4 is 10.1 Å². The summed E-state index contributed by atoms with van der Waals surface area (Å²) in [6, 6.07) is 15.8. The van der Waals surface area contributed by atoms with Crippen molar-refractivity contribution in [2.45, 2.75) is 0 Å². The Hall–Kier alpha value is -4.18. The van der Waals surface area contributed by atoms with Crippen LogP contribution in [0.4, 0.5) is 10.1 Å². The van der Waals surface area contributed by atoms with Crippen LogP contribution in [0.1, 0.15) is 15.9 Å². The van der Waals surface area contributed by atoms with Gasteiger partial charge in [0.05, 0.1) is 17.0 Å². The molecule has 0 bridgehead atoms. The second-order valence-electron chi connectivity index (χ2n) is 5.94. The molecule has 2 aromatic heterocycles. The van der Waals surface area contributed by atoms with Crippen LogP contribution >= 0.6 is 0 Å². The number of aromatic amines is 1. The number of benzene rings is 2. The number of ether oxygens (including phenoxy) is 1. The number of nitrogens with one attached hydrogen (secondary N) is 2. The number of halogens is 1. The topological polar surface area (TPSA) is 90.8 Å². The first kappa shape index (κ1) is 17.2. The number of rotatable bonds is 4. The highest BCUT2D eigenvalue weighted by Gasteiger charge is 2.12. The normalized spacial score (nSPS) is 10.4. The third kappa shape index (κ3) is 3.39. The Bertz CT molecular complexity index is 1230. The van der Waals surface area contributed by atoms with Crippen molar-refractivity contribution in [1.82, 2.24) is 9.97 Å². The van der Waals surface area contributed by atoms with Crippen molar-refractivity contribution < 1.29 is 13.9 Å². The van der Waals surface area contributed by atoms with E-state index in [1.165, 1.54) is 18.2 Å². The molecule has 0 aliphatic carbocycles. The molecular formula is C21H13FN4O2. The van der Waals surface area contributed by atoms with Gasteiger partial charge in [-0.05, 0) is 42.5 Å². The lowest BCUT2D eigenvalue weighted by Gasteiger charge is -2.10. The van der Waals surface area contributed by atoms with Gasteiger partial charge in [-0.25, -0.2) is 9.37 Å². The maximum atomic E-state index is 14.5. The molecule has 1 amide bonds. The number of hydrogen-bond acceptors (Lipinski definition) is 4. The minimum atomic E-state index is -0.621. The number of amides is 1. The second-order valence-corrected chi connectivity index (χ2v) is 5.94. The summed E-state index contributed by atoms with van der Waals surface area (Å²) in [5.74, 6) is -0.564. The van der Waals surface area contributed by atoms with Crippen molar-refractivity contribution in [3.63, 3.8) is 0 Å². The Morgan fingerprint density at radius 3 is 2.86 bits per heavy atom. The van der Waals surface area contributed by atoms with Crippen LogP contribution in [0, 0.1) is 17.1 Å². The van der Waals surface area contributed by atoms with E-state index in [0.29, 0.717) is 22.5 Å². The largest absolute Gasteiger partial charge is 0.453 e. The molecule has 2 aromatic carbocycles. The molecule has 0 atom stereocenters. The third-order valence-electron chi connectivity index (χ3n) is 4.08. The average Bonchev–Trinajstić information content (AvgIpc) is 3.20. The smallest absolute Gasteiger partial charge is 0.255 e. The van der Waals surface area contributed by atoms with Crippen molar-refractivity contribution in [2.75, 3.05) is 5.32 Å². The van der Waals surface area contributed by atoms with Crippen LogP contribution in [0.3, 0.4) is 0 Å². The van der Waals surface area contributed by atoms with Crippen molar-refractivity contribution >= 4 is 22.6 Å². The van der Waals surface area contributed by atoms with Gasteiger partial charge in [0, 0.05) is 29.7 Å². The number of aromatic nitrogens is 2. The minimum absolute atomic E-state index is 0.0261. The fraction of sp³-hybridized carbons (Fsp3) is 0. The molecule has 28 heavy (non-hydrogen) atoms. The molecule has 4 rings (SSSR count). The lowest BCUT2D eigenvalue weighted by Crippen LogP contribution is -2.12. The lowest BCUT2D eigenvalue weighted by atomic mass is 10.1. The summed E-state index contributed by atoms with van der Waals surface area (Å²) in [6.07, 6.45) is 3.29. The molecule has 136 valence electrons. The number of hydrogen-bond donors (Lipinski definition) is 2. The van der Waals surface area contributed by atoms with E-state index in [0.717, 1.165) is 5.39 Å². The van der Waals surface area contributed by atoms with E-state index in [1.54, 1.807) is 48.8 Å². The summed E-state index contributed by atoms with van der Waals surface area (Å²) in [5.41, 5.74) is 1.60. The highest BCUT2D eigenvalue weighted by atomic mass is 19.1. The number of nitriles is 1. The van der Waals surface area contributed by atoms with Gasteiger partial charge in [-0.15, -0.1) is 0 Å². The highest BCUT2D eigenvalue weighted by molar-refractivity contribution is 6.04. The van der Waals surface area contributed by atoms with Gasteiger partial charge in [0.1, 0.15) is 11.4 Å². The molecule has 0 saturated carbocycles. The maximum Gasteiger partial charge on any atom is 0.255 e. The van der Waals surface area contributed by atoms with Crippen LogP contribution in [-0.4, -0.2) is 15.9 Å². The van der Waals surface area contributed by atoms with E-state index in [9.17, 15) is 9.18 Å². The summed E-state index contributed by atoms with van der Waals surface area (Å²) in [5, 5.41) is 12.3. The molecule has 0 aliphatic rings. The minimum Gasteiger partial charge on any atom is -0.453 e. The van der Waals surface area contributed by atoms with Gasteiger partial charge >= 0.3 is 0 Å². The second kappa shape index (κ2) is 7.21. The fourth-order valence-corrected chi connectivity index (χ4v) is 2.74. The summed E-state index contributed by atoms with van der Waals surface area (Å²) in [7, 11) is 0. The maximum absolute atomic E-state index is 14.5. The first-order valence-corrected chi connectivity index (χ1v) is 8.35. The van der Waals surface area contributed by atoms with E-state index < -0.39 is 11.7 Å². The van der Waals surface area contributed by atoms with Crippen LogP contribution in [0.25, 0.3) is 11.0 Å². The van der Waals surface area contributed by atoms with Gasteiger partial charge in [0.15, 0.2) is 11.6 Å². The number of anilines is 1. The Balaban J connectivity index is 1.54. The predicted octanol–water partition coefficient (Wildman–Crippen LogP) is 4.62. The van der Waals surface area contributed by atoms with Crippen LogP contribution in [0.15, 0.2) is 67.0 Å². The summed E-state index contributed by atoms with van der Waals surface area (Å²) >= 11 is 0. The zero-order valence-corrected chi connectivity index (χ0v) is 14.4. The number of carbonyl (C=O) groups is 1. The van der Waals surface area contributed by atoms with Gasteiger partial charge in [0.2, 0.25) is 0 Å². The first-order valence-electron chi connectivity index (χ1n) is 8.35.